The average Bonchev–Trinajstić information content (AvgIpc) is 1.61. The summed E-state index contributed by atoms with van der Waals surface area (Å²) in [7, 11) is 0. The maximum atomic E-state index is 5.00. The van der Waals surface area contributed by atoms with Crippen LogP contribution >= 0.6 is 0 Å². The predicted molar refractivity (Wildman–Crippen MR) is 32.6 cm³/mol. The summed E-state index contributed by atoms with van der Waals surface area (Å²) in [6.45, 7) is 4.24. The van der Waals surface area contributed by atoms with Crippen molar-refractivity contribution < 1.29 is 0 Å². The molecule has 0 spiro atoms. The van der Waals surface area contributed by atoms with Crippen molar-refractivity contribution in [3.8, 4) is 12.3 Å². The van der Waals surface area contributed by atoms with Gasteiger partial charge < -0.3 is 0 Å². The molecule has 0 aromatic heterocycles. The van der Waals surface area contributed by atoms with Crippen molar-refractivity contribution in [2.75, 3.05) is 0 Å². The van der Waals surface area contributed by atoms with Gasteiger partial charge in [0.05, 0.1) is 0 Å². The molecule has 0 heterocycles. The third-order valence-corrected chi connectivity index (χ3v) is 0.707. The van der Waals surface area contributed by atoms with Crippen molar-refractivity contribution in [3.05, 3.63) is 6.42 Å². The molecule has 0 aliphatic carbocycles. The highest BCUT2D eigenvalue weighted by molar-refractivity contribution is 4.91. The maximum Gasteiger partial charge on any atom is 0.0120 e. The van der Waals surface area contributed by atoms with E-state index in [4.69, 9.17) is 6.42 Å². The van der Waals surface area contributed by atoms with Gasteiger partial charge in [-0.1, -0.05) is 13.8 Å². The van der Waals surface area contributed by atoms with Crippen LogP contribution in [0, 0.1) is 24.7 Å². The maximum absolute atomic E-state index is 5.00. The average molecular weight is 95.2 g/mol. The molecule has 0 amide bonds. The zero-order valence-electron chi connectivity index (χ0n) is 4.94. The molecule has 0 fully saturated rings. The molecule has 0 heteroatoms. The molecule has 0 unspecified atom stereocenters. The lowest BCUT2D eigenvalue weighted by atomic mass is 10.1. The molecule has 0 nitrogen and oxygen atoms in total. The van der Waals surface area contributed by atoms with Gasteiger partial charge in [-0.15, -0.1) is 12.3 Å². The van der Waals surface area contributed by atoms with Crippen molar-refractivity contribution in [1.82, 2.24) is 0 Å². The van der Waals surface area contributed by atoms with Crippen LogP contribution in [0.2, 0.25) is 0 Å². The first kappa shape index (κ1) is 6.56. The molecule has 39 valence electrons. The molecule has 0 N–H and O–H groups in total. The van der Waals surface area contributed by atoms with Crippen LogP contribution in [0.3, 0.4) is 0 Å². The minimum absolute atomic E-state index is 0.635. The van der Waals surface area contributed by atoms with E-state index >= 15 is 0 Å². The summed E-state index contributed by atoms with van der Waals surface area (Å²) < 4.78 is 0. The van der Waals surface area contributed by atoms with E-state index in [1.54, 1.807) is 0 Å². The second-order valence-corrected chi connectivity index (χ2v) is 1.89. The molecule has 0 rings (SSSR count). The van der Waals surface area contributed by atoms with E-state index in [1.165, 1.54) is 0 Å². The van der Waals surface area contributed by atoms with E-state index in [0.717, 1.165) is 6.42 Å². The standard InChI is InChI=1S/C7H11/c1-4-5-6-7(2)3/h1,6-7H,5H2,2-3H3. The summed E-state index contributed by atoms with van der Waals surface area (Å²) >= 11 is 0. The van der Waals surface area contributed by atoms with Crippen LogP contribution in [0.1, 0.15) is 20.3 Å². The summed E-state index contributed by atoms with van der Waals surface area (Å²) in [5, 5.41) is 0. The Bertz CT molecular complexity index is 64.6. The van der Waals surface area contributed by atoms with E-state index in [9.17, 15) is 0 Å². The Hall–Kier alpha value is -0.440. The highest BCUT2D eigenvalue weighted by Gasteiger charge is 1.88. The Morgan fingerprint density at radius 3 is 2.43 bits per heavy atom. The molecule has 0 aliphatic heterocycles. The molecule has 1 radical (unpaired) electrons. The molecule has 0 aromatic carbocycles. The summed E-state index contributed by atoms with van der Waals surface area (Å²) in [5.41, 5.74) is 0. The first-order chi connectivity index (χ1) is 3.27. The van der Waals surface area contributed by atoms with Gasteiger partial charge in [-0.3, -0.25) is 0 Å². The SMILES string of the molecule is C#CC[CH]C(C)C. The van der Waals surface area contributed by atoms with E-state index in [1.807, 2.05) is 0 Å². The lowest BCUT2D eigenvalue weighted by Gasteiger charge is -1.95. The fraction of sp³-hybridized carbons (Fsp3) is 0.571. The topological polar surface area (TPSA) is 0 Å². The lowest BCUT2D eigenvalue weighted by Crippen LogP contribution is -1.84. The van der Waals surface area contributed by atoms with Crippen LogP contribution in [0.5, 0.6) is 0 Å². The van der Waals surface area contributed by atoms with Gasteiger partial charge in [0.25, 0.3) is 0 Å². The van der Waals surface area contributed by atoms with Crippen molar-refractivity contribution in [2.45, 2.75) is 20.3 Å². The fourth-order valence-electron chi connectivity index (χ4n) is 0.304. The van der Waals surface area contributed by atoms with Crippen LogP contribution in [0.25, 0.3) is 0 Å². The van der Waals surface area contributed by atoms with Gasteiger partial charge in [0.1, 0.15) is 0 Å². The highest BCUT2D eigenvalue weighted by atomic mass is 13.9. The predicted octanol–water partition coefficient (Wildman–Crippen LogP) is 1.87. The Labute approximate surface area is 45.9 Å². The molecule has 0 bridgehead atoms. The molecule has 0 atom stereocenters. The summed E-state index contributed by atoms with van der Waals surface area (Å²) in [6.07, 6.45) is 7.91. The largest absolute Gasteiger partial charge is 0.120 e. The van der Waals surface area contributed by atoms with Crippen molar-refractivity contribution in [2.24, 2.45) is 5.92 Å². The minimum atomic E-state index is 0.635. The zero-order valence-corrected chi connectivity index (χ0v) is 4.94. The van der Waals surface area contributed by atoms with Crippen molar-refractivity contribution >= 4 is 0 Å². The van der Waals surface area contributed by atoms with Crippen molar-refractivity contribution in [1.29, 1.82) is 0 Å². The summed E-state index contributed by atoms with van der Waals surface area (Å²) in [6, 6.07) is 0. The first-order valence-electron chi connectivity index (χ1n) is 2.54. The van der Waals surface area contributed by atoms with Crippen LogP contribution in [0.15, 0.2) is 0 Å². The number of terminal acetylenes is 1. The molecular formula is C7H11. The molecule has 0 saturated carbocycles. The van der Waals surface area contributed by atoms with Gasteiger partial charge >= 0.3 is 0 Å². The zero-order chi connectivity index (χ0) is 5.70. The fourth-order valence-corrected chi connectivity index (χ4v) is 0.304. The third-order valence-electron chi connectivity index (χ3n) is 0.707. The molecule has 0 aliphatic rings. The van der Waals surface area contributed by atoms with Gasteiger partial charge in [-0.2, -0.15) is 0 Å². The van der Waals surface area contributed by atoms with Crippen LogP contribution < -0.4 is 0 Å². The molecule has 0 saturated heterocycles. The smallest absolute Gasteiger partial charge is 0.0120 e. The molecule has 0 aromatic rings. The second kappa shape index (κ2) is 3.74. The monoisotopic (exact) mass is 95.1 g/mol. The van der Waals surface area contributed by atoms with Crippen molar-refractivity contribution in [3.63, 3.8) is 0 Å². The molecular weight excluding hydrogens is 84.1 g/mol. The Balaban J connectivity index is 2.86. The van der Waals surface area contributed by atoms with E-state index in [0.29, 0.717) is 5.92 Å². The normalized spacial score (nSPS) is 8.86. The third kappa shape index (κ3) is 5.56. The van der Waals surface area contributed by atoms with Crippen LogP contribution in [-0.2, 0) is 0 Å². The Kier molecular flexibility index (Phi) is 3.50. The highest BCUT2D eigenvalue weighted by Crippen LogP contribution is 1.98. The van der Waals surface area contributed by atoms with E-state index in [2.05, 4.69) is 26.2 Å². The van der Waals surface area contributed by atoms with Gasteiger partial charge in [0, 0.05) is 6.42 Å². The number of rotatable bonds is 2. The van der Waals surface area contributed by atoms with E-state index in [-0.39, 0.29) is 0 Å². The Morgan fingerprint density at radius 2 is 2.29 bits per heavy atom. The van der Waals surface area contributed by atoms with E-state index < -0.39 is 0 Å². The molecule has 7 heavy (non-hydrogen) atoms. The van der Waals surface area contributed by atoms with Gasteiger partial charge in [0.2, 0.25) is 0 Å². The van der Waals surface area contributed by atoms with Crippen LogP contribution in [0.4, 0.5) is 0 Å². The van der Waals surface area contributed by atoms with Gasteiger partial charge in [-0.05, 0) is 12.3 Å². The number of hydrogen-bond donors (Lipinski definition) is 0. The lowest BCUT2D eigenvalue weighted by molar-refractivity contribution is 0.743. The van der Waals surface area contributed by atoms with Gasteiger partial charge in [0.15, 0.2) is 0 Å². The quantitative estimate of drug-likeness (QED) is 0.459. The first-order valence-corrected chi connectivity index (χ1v) is 2.54. The summed E-state index contributed by atoms with van der Waals surface area (Å²) in [4.78, 5) is 0. The summed E-state index contributed by atoms with van der Waals surface area (Å²) in [5.74, 6) is 3.18. The Morgan fingerprint density at radius 1 is 1.71 bits per heavy atom. The van der Waals surface area contributed by atoms with Gasteiger partial charge in [-0.25, -0.2) is 0 Å². The minimum Gasteiger partial charge on any atom is -0.120 e. The number of hydrogen-bond acceptors (Lipinski definition) is 0. The second-order valence-electron chi connectivity index (χ2n) is 1.89. The van der Waals surface area contributed by atoms with Crippen LogP contribution in [-0.4, -0.2) is 0 Å².